The van der Waals surface area contributed by atoms with Crippen molar-refractivity contribution < 1.29 is 0 Å². The van der Waals surface area contributed by atoms with Crippen molar-refractivity contribution in [3.63, 3.8) is 0 Å². The predicted molar refractivity (Wildman–Crippen MR) is 43.6 cm³/mol. The van der Waals surface area contributed by atoms with Gasteiger partial charge in [-0.1, -0.05) is 13.8 Å². The number of aromatic amines is 1. The van der Waals surface area contributed by atoms with Gasteiger partial charge in [0.1, 0.15) is 5.69 Å². The van der Waals surface area contributed by atoms with Gasteiger partial charge in [-0.2, -0.15) is 0 Å². The van der Waals surface area contributed by atoms with Crippen LogP contribution in [0.15, 0.2) is 11.0 Å². The molecule has 1 aromatic heterocycles. The van der Waals surface area contributed by atoms with Gasteiger partial charge in [0.15, 0.2) is 0 Å². The monoisotopic (exact) mass is 152 g/mol. The molecule has 0 unspecified atom stereocenters. The topological polar surface area (TPSA) is 45.8 Å². The molecule has 0 aliphatic carbocycles. The van der Waals surface area contributed by atoms with E-state index >= 15 is 0 Å². The Morgan fingerprint density at radius 2 is 2.18 bits per heavy atom. The number of nitrogens with zero attached hydrogens (tertiary/aromatic N) is 1. The molecule has 0 saturated carbocycles. The van der Waals surface area contributed by atoms with Gasteiger partial charge in [-0.15, -0.1) is 0 Å². The van der Waals surface area contributed by atoms with E-state index in [1.807, 2.05) is 13.8 Å². The Balaban J connectivity index is 3.10. The van der Waals surface area contributed by atoms with Gasteiger partial charge < -0.3 is 4.98 Å². The molecule has 0 radical (unpaired) electrons. The minimum atomic E-state index is -0.0492. The average Bonchev–Trinajstić information content (AvgIpc) is 2.04. The first-order valence-corrected chi connectivity index (χ1v) is 3.85. The fourth-order valence-corrected chi connectivity index (χ4v) is 0.896. The van der Waals surface area contributed by atoms with Crippen molar-refractivity contribution in [3.8, 4) is 0 Å². The maximum Gasteiger partial charge on any atom is 0.269 e. The molecule has 0 aliphatic rings. The van der Waals surface area contributed by atoms with Crippen LogP contribution in [0, 0.1) is 0 Å². The highest BCUT2D eigenvalue weighted by Crippen LogP contribution is 1.90. The Morgan fingerprint density at radius 1 is 1.45 bits per heavy atom. The maximum absolute atomic E-state index is 11.1. The van der Waals surface area contributed by atoms with Crippen LogP contribution in [0.5, 0.6) is 0 Å². The quantitative estimate of drug-likeness (QED) is 0.684. The Hall–Kier alpha value is -1.12. The number of hydrogen-bond acceptors (Lipinski definition) is 2. The predicted octanol–water partition coefficient (Wildman–Crippen LogP) is 0.895. The van der Waals surface area contributed by atoms with Gasteiger partial charge in [-0.25, -0.2) is 0 Å². The molecule has 0 amide bonds. The highest BCUT2D eigenvalue weighted by molar-refractivity contribution is 5.02. The number of aromatic nitrogens is 2. The van der Waals surface area contributed by atoms with Crippen molar-refractivity contribution in [2.24, 2.45) is 0 Å². The molecule has 1 N–H and O–H groups in total. The molecule has 1 aromatic rings. The SMILES string of the molecule is CCc1cnc(CC)c(=O)[nH]1. The second-order valence-electron chi connectivity index (χ2n) is 2.39. The van der Waals surface area contributed by atoms with Crippen LogP contribution in [0.25, 0.3) is 0 Å². The summed E-state index contributed by atoms with van der Waals surface area (Å²) < 4.78 is 0. The lowest BCUT2D eigenvalue weighted by atomic mass is 10.3. The molecule has 60 valence electrons. The third-order valence-corrected chi connectivity index (χ3v) is 1.63. The smallest absolute Gasteiger partial charge is 0.269 e. The molecule has 0 fully saturated rings. The van der Waals surface area contributed by atoms with E-state index in [-0.39, 0.29) is 5.56 Å². The van der Waals surface area contributed by atoms with E-state index < -0.39 is 0 Å². The summed E-state index contributed by atoms with van der Waals surface area (Å²) in [6.45, 7) is 3.90. The number of rotatable bonds is 2. The van der Waals surface area contributed by atoms with Gasteiger partial charge in [-0.3, -0.25) is 9.78 Å². The summed E-state index contributed by atoms with van der Waals surface area (Å²) in [5.41, 5.74) is 1.46. The van der Waals surface area contributed by atoms with Crippen LogP contribution in [0.4, 0.5) is 0 Å². The molecule has 1 heterocycles. The fourth-order valence-electron chi connectivity index (χ4n) is 0.896. The zero-order chi connectivity index (χ0) is 8.27. The molecular weight excluding hydrogens is 140 g/mol. The third kappa shape index (κ3) is 1.67. The van der Waals surface area contributed by atoms with Gasteiger partial charge in [-0.05, 0) is 12.8 Å². The molecule has 0 aliphatic heterocycles. The second kappa shape index (κ2) is 3.32. The highest BCUT2D eigenvalue weighted by atomic mass is 16.1. The van der Waals surface area contributed by atoms with Crippen LogP contribution >= 0.6 is 0 Å². The lowest BCUT2D eigenvalue weighted by molar-refractivity contribution is 0.904. The van der Waals surface area contributed by atoms with E-state index in [0.29, 0.717) is 12.1 Å². The van der Waals surface area contributed by atoms with Crippen molar-refractivity contribution in [1.82, 2.24) is 9.97 Å². The molecule has 11 heavy (non-hydrogen) atoms. The van der Waals surface area contributed by atoms with Crippen molar-refractivity contribution in [2.45, 2.75) is 26.7 Å². The van der Waals surface area contributed by atoms with Gasteiger partial charge in [0, 0.05) is 11.9 Å². The largest absolute Gasteiger partial charge is 0.323 e. The Kier molecular flexibility index (Phi) is 2.41. The standard InChI is InChI=1S/C8H12N2O/c1-3-6-5-9-7(4-2)8(11)10-6/h5H,3-4H2,1-2H3,(H,10,11). The molecular formula is C8H12N2O. The van der Waals surface area contributed by atoms with E-state index in [2.05, 4.69) is 9.97 Å². The summed E-state index contributed by atoms with van der Waals surface area (Å²) in [4.78, 5) is 17.9. The molecule has 0 atom stereocenters. The molecule has 0 spiro atoms. The van der Waals surface area contributed by atoms with Crippen LogP contribution in [-0.4, -0.2) is 9.97 Å². The summed E-state index contributed by atoms with van der Waals surface area (Å²) in [6, 6.07) is 0. The van der Waals surface area contributed by atoms with Crippen LogP contribution in [0.1, 0.15) is 25.2 Å². The van der Waals surface area contributed by atoms with Gasteiger partial charge in [0.2, 0.25) is 0 Å². The van der Waals surface area contributed by atoms with Crippen LogP contribution in [-0.2, 0) is 12.8 Å². The normalized spacial score (nSPS) is 10.0. The number of H-pyrrole nitrogens is 1. The van der Waals surface area contributed by atoms with Crippen LogP contribution < -0.4 is 5.56 Å². The van der Waals surface area contributed by atoms with Gasteiger partial charge in [0.25, 0.3) is 5.56 Å². The lowest BCUT2D eigenvalue weighted by Gasteiger charge is -1.96. The number of nitrogens with one attached hydrogen (secondary N) is 1. The fraction of sp³-hybridized carbons (Fsp3) is 0.500. The molecule has 0 saturated heterocycles. The molecule has 0 aromatic carbocycles. The van der Waals surface area contributed by atoms with E-state index in [1.165, 1.54) is 0 Å². The summed E-state index contributed by atoms with van der Waals surface area (Å²) >= 11 is 0. The Morgan fingerprint density at radius 3 is 2.64 bits per heavy atom. The van der Waals surface area contributed by atoms with E-state index in [9.17, 15) is 4.79 Å². The lowest BCUT2D eigenvalue weighted by Crippen LogP contribution is -2.15. The maximum atomic E-state index is 11.1. The van der Waals surface area contributed by atoms with Crippen molar-refractivity contribution in [3.05, 3.63) is 27.9 Å². The Labute approximate surface area is 65.5 Å². The van der Waals surface area contributed by atoms with Crippen LogP contribution in [0.2, 0.25) is 0 Å². The molecule has 3 nitrogen and oxygen atoms in total. The second-order valence-corrected chi connectivity index (χ2v) is 2.39. The minimum Gasteiger partial charge on any atom is -0.323 e. The summed E-state index contributed by atoms with van der Waals surface area (Å²) in [5.74, 6) is 0. The van der Waals surface area contributed by atoms with Crippen LogP contribution in [0.3, 0.4) is 0 Å². The third-order valence-electron chi connectivity index (χ3n) is 1.63. The molecule has 0 bridgehead atoms. The average molecular weight is 152 g/mol. The van der Waals surface area contributed by atoms with Crippen molar-refractivity contribution >= 4 is 0 Å². The highest BCUT2D eigenvalue weighted by Gasteiger charge is 1.97. The summed E-state index contributed by atoms with van der Waals surface area (Å²) in [6.07, 6.45) is 3.24. The van der Waals surface area contributed by atoms with Gasteiger partial charge in [0.05, 0.1) is 0 Å². The summed E-state index contributed by atoms with van der Waals surface area (Å²) in [7, 11) is 0. The first-order chi connectivity index (χ1) is 5.27. The molecule has 3 heteroatoms. The van der Waals surface area contributed by atoms with E-state index in [1.54, 1.807) is 6.20 Å². The number of hydrogen-bond donors (Lipinski definition) is 1. The minimum absolute atomic E-state index is 0.0492. The van der Waals surface area contributed by atoms with Crippen molar-refractivity contribution in [1.29, 1.82) is 0 Å². The van der Waals surface area contributed by atoms with E-state index in [0.717, 1.165) is 12.1 Å². The van der Waals surface area contributed by atoms with E-state index in [4.69, 9.17) is 0 Å². The Bertz CT molecular complexity index is 290. The zero-order valence-electron chi connectivity index (χ0n) is 6.85. The van der Waals surface area contributed by atoms with Crippen molar-refractivity contribution in [2.75, 3.05) is 0 Å². The number of aryl methyl sites for hydroxylation is 2. The zero-order valence-corrected chi connectivity index (χ0v) is 6.85. The van der Waals surface area contributed by atoms with Gasteiger partial charge >= 0.3 is 0 Å². The molecule has 1 rings (SSSR count). The first-order valence-electron chi connectivity index (χ1n) is 3.85. The first kappa shape index (κ1) is 7.98. The summed E-state index contributed by atoms with van der Waals surface area (Å²) in [5, 5.41) is 0.